The van der Waals surface area contributed by atoms with Crippen LogP contribution in [0.15, 0.2) is 53.7 Å². The number of aryl methyl sites for hydroxylation is 1. The van der Waals surface area contributed by atoms with Gasteiger partial charge in [0.15, 0.2) is 0 Å². The molecule has 1 aliphatic rings. The van der Waals surface area contributed by atoms with Crippen LogP contribution < -0.4 is 5.32 Å². The Labute approximate surface area is 168 Å². The zero-order chi connectivity index (χ0) is 19.6. The third-order valence-corrected chi connectivity index (χ3v) is 5.19. The smallest absolute Gasteiger partial charge is 0.336 e. The van der Waals surface area contributed by atoms with E-state index in [0.717, 1.165) is 11.1 Å². The minimum Gasteiger partial charge on any atom is -0.457 e. The van der Waals surface area contributed by atoms with Crippen LogP contribution >= 0.6 is 23.2 Å². The fraction of sp³-hybridized carbons (Fsp3) is 0.238. The number of benzene rings is 2. The van der Waals surface area contributed by atoms with E-state index in [2.05, 4.69) is 5.32 Å². The summed E-state index contributed by atoms with van der Waals surface area (Å²) in [6, 6.07) is 12.9. The van der Waals surface area contributed by atoms with Crippen molar-refractivity contribution in [2.75, 3.05) is 0 Å². The summed E-state index contributed by atoms with van der Waals surface area (Å²) in [6.45, 7) is 3.82. The van der Waals surface area contributed by atoms with Crippen LogP contribution in [0, 0.1) is 6.92 Å². The quantitative estimate of drug-likeness (QED) is 0.736. The lowest BCUT2D eigenvalue weighted by Crippen LogP contribution is -2.34. The molecule has 3 rings (SSSR count). The van der Waals surface area contributed by atoms with Crippen LogP contribution in [0.4, 0.5) is 0 Å². The van der Waals surface area contributed by atoms with Gasteiger partial charge in [0.2, 0.25) is 5.91 Å². The molecule has 0 saturated heterocycles. The lowest BCUT2D eigenvalue weighted by Gasteiger charge is -2.27. The summed E-state index contributed by atoms with van der Waals surface area (Å²) >= 11 is 12.7. The van der Waals surface area contributed by atoms with Crippen molar-refractivity contribution in [3.8, 4) is 0 Å². The normalized spacial score (nSPS) is 16.9. The van der Waals surface area contributed by atoms with Crippen LogP contribution in [0.25, 0.3) is 0 Å². The summed E-state index contributed by atoms with van der Waals surface area (Å²) < 4.78 is 5.51. The van der Waals surface area contributed by atoms with Gasteiger partial charge in [-0.05, 0) is 37.1 Å². The van der Waals surface area contributed by atoms with Crippen molar-refractivity contribution < 1.29 is 14.3 Å². The monoisotopic (exact) mass is 403 g/mol. The van der Waals surface area contributed by atoms with Crippen LogP contribution in [-0.2, 0) is 20.9 Å². The predicted octanol–water partition coefficient (Wildman–Crippen LogP) is 4.92. The number of hydrogen-bond donors (Lipinski definition) is 1. The number of halogens is 2. The Kier molecular flexibility index (Phi) is 5.88. The first kappa shape index (κ1) is 19.5. The summed E-state index contributed by atoms with van der Waals surface area (Å²) in [7, 11) is 0. The molecule has 0 saturated carbocycles. The van der Waals surface area contributed by atoms with Crippen molar-refractivity contribution in [2.45, 2.75) is 32.8 Å². The molecule has 4 nitrogen and oxygen atoms in total. The predicted molar refractivity (Wildman–Crippen MR) is 106 cm³/mol. The zero-order valence-electron chi connectivity index (χ0n) is 15.0. The van der Waals surface area contributed by atoms with Gasteiger partial charge in [0.1, 0.15) is 6.61 Å². The van der Waals surface area contributed by atoms with Gasteiger partial charge in [-0.1, -0.05) is 59.1 Å². The van der Waals surface area contributed by atoms with Crippen molar-refractivity contribution in [1.29, 1.82) is 0 Å². The molecule has 1 amide bonds. The highest BCUT2D eigenvalue weighted by atomic mass is 35.5. The van der Waals surface area contributed by atoms with E-state index in [4.69, 9.17) is 27.9 Å². The van der Waals surface area contributed by atoms with Crippen LogP contribution in [0.3, 0.4) is 0 Å². The van der Waals surface area contributed by atoms with Crippen LogP contribution in [-0.4, -0.2) is 11.9 Å². The first-order chi connectivity index (χ1) is 12.9. The molecule has 1 heterocycles. The van der Waals surface area contributed by atoms with Gasteiger partial charge in [0.05, 0.1) is 5.57 Å². The summed E-state index contributed by atoms with van der Waals surface area (Å²) in [5.41, 5.74) is 3.42. The molecule has 27 heavy (non-hydrogen) atoms. The molecule has 0 aliphatic carbocycles. The molecule has 0 fully saturated rings. The average molecular weight is 404 g/mol. The Balaban J connectivity index is 1.89. The standard InChI is InChI=1S/C21H19Cl2NO3/c1-12-6-8-14(9-7-12)11-27-21(26)19-13(2)24-18(25)10-15(19)20-16(22)4-3-5-17(20)23/h3-9,15H,10-11H2,1-2H3,(H,24,25)/t15-/m1/s1. The molecule has 0 aromatic heterocycles. The maximum absolute atomic E-state index is 12.8. The number of esters is 1. The van der Waals surface area contributed by atoms with Crippen LogP contribution in [0.1, 0.15) is 36.0 Å². The van der Waals surface area contributed by atoms with E-state index in [0.29, 0.717) is 26.9 Å². The van der Waals surface area contributed by atoms with Gasteiger partial charge in [-0.25, -0.2) is 4.79 Å². The number of carbonyl (C=O) groups is 2. The van der Waals surface area contributed by atoms with Gasteiger partial charge < -0.3 is 10.1 Å². The Morgan fingerprint density at radius 1 is 1.11 bits per heavy atom. The van der Waals surface area contributed by atoms with Crippen molar-refractivity contribution in [1.82, 2.24) is 5.32 Å². The molecule has 140 valence electrons. The van der Waals surface area contributed by atoms with E-state index >= 15 is 0 Å². The topological polar surface area (TPSA) is 55.4 Å². The van der Waals surface area contributed by atoms with E-state index in [-0.39, 0.29) is 18.9 Å². The molecule has 6 heteroatoms. The molecule has 2 aromatic rings. The van der Waals surface area contributed by atoms with E-state index in [9.17, 15) is 9.59 Å². The zero-order valence-corrected chi connectivity index (χ0v) is 16.5. The lowest BCUT2D eigenvalue weighted by molar-refractivity contribution is -0.141. The molecular formula is C21H19Cl2NO3. The fourth-order valence-corrected chi connectivity index (χ4v) is 3.83. The molecule has 1 atom stereocenters. The number of hydrogen-bond acceptors (Lipinski definition) is 3. The first-order valence-corrected chi connectivity index (χ1v) is 9.29. The molecule has 1 aliphatic heterocycles. The van der Waals surface area contributed by atoms with Gasteiger partial charge in [-0.15, -0.1) is 0 Å². The number of ether oxygens (including phenoxy) is 1. The minimum atomic E-state index is -0.550. The van der Waals surface area contributed by atoms with Crippen molar-refractivity contribution >= 4 is 35.1 Å². The van der Waals surface area contributed by atoms with Crippen LogP contribution in [0.2, 0.25) is 10.0 Å². The summed E-state index contributed by atoms with van der Waals surface area (Å²) in [6.07, 6.45) is 0.0791. The molecule has 0 spiro atoms. The second-order valence-corrected chi connectivity index (χ2v) is 7.36. The first-order valence-electron chi connectivity index (χ1n) is 8.54. The second-order valence-electron chi connectivity index (χ2n) is 6.54. The van der Waals surface area contributed by atoms with Gasteiger partial charge in [0, 0.05) is 28.1 Å². The fourth-order valence-electron chi connectivity index (χ4n) is 3.17. The van der Waals surface area contributed by atoms with Crippen molar-refractivity contribution in [2.24, 2.45) is 0 Å². The number of rotatable bonds is 4. The molecule has 1 N–H and O–H groups in total. The Hall–Kier alpha value is -2.30. The van der Waals surface area contributed by atoms with E-state index < -0.39 is 11.9 Å². The highest BCUT2D eigenvalue weighted by Gasteiger charge is 2.35. The molecular weight excluding hydrogens is 385 g/mol. The SMILES string of the molecule is CC1=C(C(=O)OCc2ccc(C)cc2)[C@H](c2c(Cl)cccc2Cl)CC(=O)N1. The molecule has 0 unspecified atom stereocenters. The summed E-state index contributed by atoms with van der Waals surface area (Å²) in [5.74, 6) is -1.23. The average Bonchev–Trinajstić information content (AvgIpc) is 2.60. The van der Waals surface area contributed by atoms with E-state index in [1.54, 1.807) is 25.1 Å². The van der Waals surface area contributed by atoms with Crippen molar-refractivity contribution in [3.05, 3.63) is 80.5 Å². The Morgan fingerprint density at radius 2 is 1.74 bits per heavy atom. The third kappa shape index (κ3) is 4.34. The summed E-state index contributed by atoms with van der Waals surface area (Å²) in [5, 5.41) is 3.54. The largest absolute Gasteiger partial charge is 0.457 e. The van der Waals surface area contributed by atoms with Gasteiger partial charge in [-0.3, -0.25) is 4.79 Å². The van der Waals surface area contributed by atoms with Gasteiger partial charge in [0.25, 0.3) is 0 Å². The molecule has 2 aromatic carbocycles. The summed E-state index contributed by atoms with van der Waals surface area (Å²) in [4.78, 5) is 24.9. The molecule has 0 radical (unpaired) electrons. The highest BCUT2D eigenvalue weighted by molar-refractivity contribution is 6.36. The maximum Gasteiger partial charge on any atom is 0.336 e. The highest BCUT2D eigenvalue weighted by Crippen LogP contribution is 2.40. The maximum atomic E-state index is 12.8. The Bertz CT molecular complexity index is 899. The van der Waals surface area contributed by atoms with E-state index in [1.165, 1.54) is 0 Å². The van der Waals surface area contributed by atoms with Crippen molar-refractivity contribution in [3.63, 3.8) is 0 Å². The van der Waals surface area contributed by atoms with Crippen LogP contribution in [0.5, 0.6) is 0 Å². The van der Waals surface area contributed by atoms with Gasteiger partial charge >= 0.3 is 5.97 Å². The third-order valence-electron chi connectivity index (χ3n) is 4.53. The number of nitrogens with one attached hydrogen (secondary N) is 1. The second kappa shape index (κ2) is 8.15. The van der Waals surface area contributed by atoms with E-state index in [1.807, 2.05) is 31.2 Å². The number of carbonyl (C=O) groups excluding carboxylic acids is 2. The number of allylic oxidation sites excluding steroid dienone is 1. The Morgan fingerprint density at radius 3 is 2.37 bits per heavy atom. The number of amides is 1. The minimum absolute atomic E-state index is 0.0791. The lowest BCUT2D eigenvalue weighted by atomic mass is 9.84. The van der Waals surface area contributed by atoms with Gasteiger partial charge in [-0.2, -0.15) is 0 Å². The molecule has 0 bridgehead atoms.